The molecule has 0 fully saturated rings. The summed E-state index contributed by atoms with van der Waals surface area (Å²) in [6, 6.07) is 3.29. The third-order valence-electron chi connectivity index (χ3n) is 3.56. The second kappa shape index (κ2) is 4.63. The van der Waals surface area contributed by atoms with E-state index in [4.69, 9.17) is 0 Å². The van der Waals surface area contributed by atoms with Crippen molar-refractivity contribution in [2.75, 3.05) is 0 Å². The molecule has 106 valence electrons. The van der Waals surface area contributed by atoms with Crippen LogP contribution in [0.1, 0.15) is 22.3 Å². The second-order valence-electron chi connectivity index (χ2n) is 5.17. The standard InChI is InChI=1S/C16H18O4/c1-7-5-8(2)14(18)11(13(7)17)12-15(19)9(3)6-10(4)16(12)20/h5-6,17-20H,1-4H3. The van der Waals surface area contributed by atoms with Gasteiger partial charge in [-0.25, -0.2) is 0 Å². The van der Waals surface area contributed by atoms with Crippen LogP contribution in [0.25, 0.3) is 11.1 Å². The Balaban J connectivity index is 2.96. The Morgan fingerprint density at radius 3 is 0.900 bits per heavy atom. The molecule has 2 rings (SSSR count). The summed E-state index contributed by atoms with van der Waals surface area (Å²) in [7, 11) is 0. The molecule has 0 bridgehead atoms. The van der Waals surface area contributed by atoms with Gasteiger partial charge in [0.1, 0.15) is 23.0 Å². The summed E-state index contributed by atoms with van der Waals surface area (Å²) in [5, 5.41) is 40.8. The number of aryl methyl sites for hydroxylation is 4. The first-order chi connectivity index (χ1) is 9.25. The lowest BCUT2D eigenvalue weighted by molar-refractivity contribution is 0.434. The Hall–Kier alpha value is -2.36. The van der Waals surface area contributed by atoms with Gasteiger partial charge in [0.05, 0.1) is 11.1 Å². The molecule has 4 N–H and O–H groups in total. The first kappa shape index (κ1) is 14.1. The van der Waals surface area contributed by atoms with Crippen molar-refractivity contribution in [2.24, 2.45) is 0 Å². The van der Waals surface area contributed by atoms with E-state index < -0.39 is 0 Å². The summed E-state index contributed by atoms with van der Waals surface area (Å²) in [6.07, 6.45) is 0. The lowest BCUT2D eigenvalue weighted by atomic mass is 9.93. The van der Waals surface area contributed by atoms with E-state index in [0.29, 0.717) is 22.3 Å². The molecule has 4 nitrogen and oxygen atoms in total. The molecule has 0 spiro atoms. The normalized spacial score (nSPS) is 10.8. The molecule has 0 saturated heterocycles. The molecule has 0 atom stereocenters. The van der Waals surface area contributed by atoms with Crippen molar-refractivity contribution < 1.29 is 20.4 Å². The zero-order valence-electron chi connectivity index (χ0n) is 11.9. The molecule has 2 aromatic rings. The summed E-state index contributed by atoms with van der Waals surface area (Å²) in [5.41, 5.74) is 2.37. The van der Waals surface area contributed by atoms with Crippen LogP contribution >= 0.6 is 0 Å². The van der Waals surface area contributed by atoms with Crippen molar-refractivity contribution in [3.05, 3.63) is 34.4 Å². The highest BCUT2D eigenvalue weighted by Gasteiger charge is 2.23. The fourth-order valence-electron chi connectivity index (χ4n) is 2.41. The van der Waals surface area contributed by atoms with Crippen LogP contribution in [0.4, 0.5) is 0 Å². The Morgan fingerprint density at radius 2 is 0.700 bits per heavy atom. The maximum Gasteiger partial charge on any atom is 0.130 e. The molecule has 0 aliphatic rings. The number of phenols is 4. The molecule has 0 saturated carbocycles. The van der Waals surface area contributed by atoms with Crippen molar-refractivity contribution in [1.82, 2.24) is 0 Å². The van der Waals surface area contributed by atoms with E-state index >= 15 is 0 Å². The van der Waals surface area contributed by atoms with Crippen LogP contribution in [0.3, 0.4) is 0 Å². The third-order valence-corrected chi connectivity index (χ3v) is 3.56. The quantitative estimate of drug-likeness (QED) is 0.642. The Bertz CT molecular complexity index is 589. The summed E-state index contributed by atoms with van der Waals surface area (Å²) >= 11 is 0. The van der Waals surface area contributed by atoms with Crippen LogP contribution in [0.2, 0.25) is 0 Å². The molecule has 2 aromatic carbocycles. The number of hydrogen-bond acceptors (Lipinski definition) is 4. The van der Waals surface area contributed by atoms with Gasteiger partial charge in [0.25, 0.3) is 0 Å². The molecule has 0 aromatic heterocycles. The summed E-state index contributed by atoms with van der Waals surface area (Å²) < 4.78 is 0. The van der Waals surface area contributed by atoms with E-state index in [9.17, 15) is 20.4 Å². The van der Waals surface area contributed by atoms with Crippen molar-refractivity contribution in [1.29, 1.82) is 0 Å². The lowest BCUT2D eigenvalue weighted by Gasteiger charge is -2.17. The van der Waals surface area contributed by atoms with Gasteiger partial charge in [-0.05, 0) is 62.1 Å². The summed E-state index contributed by atoms with van der Waals surface area (Å²) in [4.78, 5) is 0. The minimum absolute atomic E-state index is 0.0595. The molecule has 0 amide bonds. The summed E-state index contributed by atoms with van der Waals surface area (Å²) in [6.45, 7) is 6.79. The van der Waals surface area contributed by atoms with Gasteiger partial charge < -0.3 is 20.4 Å². The maximum atomic E-state index is 10.2. The summed E-state index contributed by atoms with van der Waals surface area (Å²) in [5.74, 6) is -0.597. The van der Waals surface area contributed by atoms with Crippen molar-refractivity contribution in [3.63, 3.8) is 0 Å². The molecule has 0 heterocycles. The SMILES string of the molecule is Cc1cc(C)c(O)c(-c2c(O)c(C)cc(C)c2O)c1O. The Morgan fingerprint density at radius 1 is 0.500 bits per heavy atom. The van der Waals surface area contributed by atoms with Crippen molar-refractivity contribution >= 4 is 0 Å². The highest BCUT2D eigenvalue weighted by molar-refractivity contribution is 5.88. The Labute approximate surface area is 117 Å². The second-order valence-corrected chi connectivity index (χ2v) is 5.17. The van der Waals surface area contributed by atoms with E-state index in [-0.39, 0.29) is 34.1 Å². The average Bonchev–Trinajstić information content (AvgIpc) is 2.38. The largest absolute Gasteiger partial charge is 0.507 e. The van der Waals surface area contributed by atoms with Gasteiger partial charge in [-0.1, -0.05) is 0 Å². The van der Waals surface area contributed by atoms with E-state index in [1.807, 2.05) is 0 Å². The van der Waals surface area contributed by atoms with Gasteiger partial charge in [0.15, 0.2) is 0 Å². The number of hydrogen-bond donors (Lipinski definition) is 4. The van der Waals surface area contributed by atoms with Crippen LogP contribution in [-0.2, 0) is 0 Å². The fraction of sp³-hybridized carbons (Fsp3) is 0.250. The monoisotopic (exact) mass is 274 g/mol. The molecular formula is C16H18O4. The van der Waals surface area contributed by atoms with Crippen molar-refractivity contribution in [2.45, 2.75) is 27.7 Å². The van der Waals surface area contributed by atoms with E-state index in [1.54, 1.807) is 39.8 Å². The number of benzene rings is 2. The van der Waals surface area contributed by atoms with E-state index in [0.717, 1.165) is 0 Å². The minimum atomic E-state index is -0.149. The molecule has 4 heteroatoms. The van der Waals surface area contributed by atoms with Gasteiger partial charge in [0, 0.05) is 0 Å². The van der Waals surface area contributed by atoms with E-state index in [2.05, 4.69) is 0 Å². The first-order valence-corrected chi connectivity index (χ1v) is 6.30. The maximum absolute atomic E-state index is 10.2. The molecule has 20 heavy (non-hydrogen) atoms. The number of rotatable bonds is 1. The zero-order valence-corrected chi connectivity index (χ0v) is 11.9. The minimum Gasteiger partial charge on any atom is -0.507 e. The molecule has 0 unspecified atom stereocenters. The highest BCUT2D eigenvalue weighted by Crippen LogP contribution is 2.50. The lowest BCUT2D eigenvalue weighted by Crippen LogP contribution is -1.92. The number of phenolic OH excluding ortho intramolecular Hbond substituents is 4. The van der Waals surface area contributed by atoms with E-state index in [1.165, 1.54) is 0 Å². The molecule has 0 aliphatic heterocycles. The van der Waals surface area contributed by atoms with Crippen LogP contribution in [0, 0.1) is 27.7 Å². The van der Waals surface area contributed by atoms with Gasteiger partial charge in [-0.3, -0.25) is 0 Å². The highest BCUT2D eigenvalue weighted by atomic mass is 16.3. The van der Waals surface area contributed by atoms with Crippen LogP contribution in [0.15, 0.2) is 12.1 Å². The fourth-order valence-corrected chi connectivity index (χ4v) is 2.41. The van der Waals surface area contributed by atoms with Gasteiger partial charge in [-0.2, -0.15) is 0 Å². The number of aromatic hydroxyl groups is 4. The Kier molecular flexibility index (Phi) is 3.26. The molecular weight excluding hydrogens is 256 g/mol. The van der Waals surface area contributed by atoms with Crippen LogP contribution < -0.4 is 0 Å². The predicted molar refractivity (Wildman–Crippen MR) is 77.5 cm³/mol. The van der Waals surface area contributed by atoms with Gasteiger partial charge >= 0.3 is 0 Å². The molecule has 0 radical (unpaired) electrons. The third kappa shape index (κ3) is 1.93. The molecule has 0 aliphatic carbocycles. The van der Waals surface area contributed by atoms with Crippen LogP contribution in [0.5, 0.6) is 23.0 Å². The average molecular weight is 274 g/mol. The van der Waals surface area contributed by atoms with Crippen LogP contribution in [-0.4, -0.2) is 20.4 Å². The smallest absolute Gasteiger partial charge is 0.130 e. The first-order valence-electron chi connectivity index (χ1n) is 6.30. The van der Waals surface area contributed by atoms with Crippen molar-refractivity contribution in [3.8, 4) is 34.1 Å². The van der Waals surface area contributed by atoms with Gasteiger partial charge in [-0.15, -0.1) is 0 Å². The zero-order chi connectivity index (χ0) is 15.2. The van der Waals surface area contributed by atoms with Gasteiger partial charge in [0.2, 0.25) is 0 Å². The topological polar surface area (TPSA) is 80.9 Å². The predicted octanol–water partition coefficient (Wildman–Crippen LogP) is 3.41.